The Balaban J connectivity index is 1.47. The highest BCUT2D eigenvalue weighted by atomic mass is 79.9. The van der Waals surface area contributed by atoms with Crippen molar-refractivity contribution in [2.75, 3.05) is 16.0 Å². The SMILES string of the molecule is O=C(Nc1ccc(Br)c(C(=O)Nc2cnc3[nH]ncc3c2)c1)Nc1ccc(Cl)c(C(F)(F)F)c1. The number of nitrogens with zero attached hydrogens (tertiary/aromatic N) is 2. The molecule has 0 atom stereocenters. The highest BCUT2D eigenvalue weighted by Gasteiger charge is 2.33. The zero-order chi connectivity index (χ0) is 24.5. The van der Waals surface area contributed by atoms with E-state index in [0.29, 0.717) is 21.2 Å². The number of carbonyl (C=O) groups is 2. The molecule has 174 valence electrons. The van der Waals surface area contributed by atoms with E-state index in [1.165, 1.54) is 24.4 Å². The van der Waals surface area contributed by atoms with Crippen LogP contribution in [0.1, 0.15) is 15.9 Å². The molecule has 0 saturated heterocycles. The second-order valence-corrected chi connectivity index (χ2v) is 8.21. The molecule has 0 unspecified atom stereocenters. The topological polar surface area (TPSA) is 112 Å². The summed E-state index contributed by atoms with van der Waals surface area (Å²) < 4.78 is 39.5. The number of alkyl halides is 3. The molecule has 0 aliphatic carbocycles. The van der Waals surface area contributed by atoms with E-state index in [1.54, 1.807) is 18.3 Å². The van der Waals surface area contributed by atoms with Gasteiger partial charge in [0.1, 0.15) is 0 Å². The molecule has 2 heterocycles. The van der Waals surface area contributed by atoms with E-state index in [4.69, 9.17) is 11.6 Å². The predicted octanol–water partition coefficient (Wildman–Crippen LogP) is 6.29. The van der Waals surface area contributed by atoms with Crippen LogP contribution < -0.4 is 16.0 Å². The van der Waals surface area contributed by atoms with Gasteiger partial charge in [-0.3, -0.25) is 9.89 Å². The van der Waals surface area contributed by atoms with Crippen LogP contribution in [-0.2, 0) is 6.18 Å². The lowest BCUT2D eigenvalue weighted by Crippen LogP contribution is -2.20. The first-order chi connectivity index (χ1) is 16.1. The van der Waals surface area contributed by atoms with Gasteiger partial charge in [0.05, 0.1) is 34.2 Å². The van der Waals surface area contributed by atoms with Gasteiger partial charge in [0.2, 0.25) is 0 Å². The van der Waals surface area contributed by atoms with E-state index in [9.17, 15) is 22.8 Å². The summed E-state index contributed by atoms with van der Waals surface area (Å²) in [4.78, 5) is 29.2. The van der Waals surface area contributed by atoms with Crippen molar-refractivity contribution in [3.8, 4) is 0 Å². The van der Waals surface area contributed by atoms with Crippen molar-refractivity contribution in [1.82, 2.24) is 15.2 Å². The molecule has 0 saturated carbocycles. The Morgan fingerprint density at radius 3 is 2.38 bits per heavy atom. The highest BCUT2D eigenvalue weighted by molar-refractivity contribution is 9.10. The fourth-order valence-electron chi connectivity index (χ4n) is 2.99. The number of aromatic nitrogens is 3. The summed E-state index contributed by atoms with van der Waals surface area (Å²) in [6, 6.07) is 8.36. The van der Waals surface area contributed by atoms with Gasteiger partial charge in [-0.25, -0.2) is 9.78 Å². The van der Waals surface area contributed by atoms with Gasteiger partial charge < -0.3 is 16.0 Å². The Morgan fingerprint density at radius 1 is 0.941 bits per heavy atom. The molecule has 34 heavy (non-hydrogen) atoms. The smallest absolute Gasteiger partial charge is 0.321 e. The van der Waals surface area contributed by atoms with E-state index < -0.39 is 28.7 Å². The van der Waals surface area contributed by atoms with Gasteiger partial charge in [0, 0.05) is 21.2 Å². The van der Waals surface area contributed by atoms with Crippen molar-refractivity contribution >= 4 is 67.6 Å². The molecule has 4 N–H and O–H groups in total. The van der Waals surface area contributed by atoms with Crippen LogP contribution >= 0.6 is 27.5 Å². The maximum atomic E-state index is 13.0. The highest BCUT2D eigenvalue weighted by Crippen LogP contribution is 2.36. The summed E-state index contributed by atoms with van der Waals surface area (Å²) in [5.41, 5.74) is 0.267. The van der Waals surface area contributed by atoms with Crippen LogP contribution in [0.25, 0.3) is 11.0 Å². The van der Waals surface area contributed by atoms with Crippen molar-refractivity contribution in [2.45, 2.75) is 6.18 Å². The number of fused-ring (bicyclic) bond motifs is 1. The summed E-state index contributed by atoms with van der Waals surface area (Å²) in [6.07, 6.45) is -1.64. The number of rotatable bonds is 4. The maximum Gasteiger partial charge on any atom is 0.417 e. The molecular weight excluding hydrogens is 541 g/mol. The van der Waals surface area contributed by atoms with Gasteiger partial charge in [-0.1, -0.05) is 11.6 Å². The van der Waals surface area contributed by atoms with Gasteiger partial charge in [0.15, 0.2) is 5.65 Å². The van der Waals surface area contributed by atoms with Crippen molar-refractivity contribution in [2.24, 2.45) is 0 Å². The van der Waals surface area contributed by atoms with E-state index in [2.05, 4.69) is 47.1 Å². The maximum absolute atomic E-state index is 13.0. The Morgan fingerprint density at radius 2 is 1.65 bits per heavy atom. The van der Waals surface area contributed by atoms with Crippen LogP contribution in [0.15, 0.2) is 59.3 Å². The monoisotopic (exact) mass is 552 g/mol. The average Bonchev–Trinajstić information content (AvgIpc) is 3.23. The van der Waals surface area contributed by atoms with E-state index >= 15 is 0 Å². The predicted molar refractivity (Wildman–Crippen MR) is 125 cm³/mol. The Bertz CT molecular complexity index is 1410. The first kappa shape index (κ1) is 23.5. The number of amides is 3. The number of urea groups is 1. The minimum absolute atomic E-state index is 0.105. The van der Waals surface area contributed by atoms with E-state index in [1.807, 2.05) is 0 Å². The molecule has 2 aromatic heterocycles. The quantitative estimate of drug-likeness (QED) is 0.238. The van der Waals surface area contributed by atoms with Gasteiger partial charge in [-0.2, -0.15) is 18.3 Å². The molecule has 0 aliphatic heterocycles. The zero-order valence-electron chi connectivity index (χ0n) is 16.8. The third kappa shape index (κ3) is 5.29. The fourth-order valence-corrected chi connectivity index (χ4v) is 3.65. The van der Waals surface area contributed by atoms with E-state index in [0.717, 1.165) is 12.1 Å². The van der Waals surface area contributed by atoms with Crippen LogP contribution in [0.3, 0.4) is 0 Å². The molecule has 4 aromatic rings. The molecule has 13 heteroatoms. The number of H-pyrrole nitrogens is 1. The summed E-state index contributed by atoms with van der Waals surface area (Å²) in [6.45, 7) is 0. The molecule has 0 aliphatic rings. The van der Waals surface area contributed by atoms with E-state index in [-0.39, 0.29) is 16.9 Å². The second-order valence-electron chi connectivity index (χ2n) is 6.95. The van der Waals surface area contributed by atoms with Crippen molar-refractivity contribution in [3.63, 3.8) is 0 Å². The van der Waals surface area contributed by atoms with Crippen LogP contribution in [0.2, 0.25) is 5.02 Å². The molecule has 0 bridgehead atoms. The van der Waals surface area contributed by atoms with Crippen molar-refractivity contribution in [3.05, 3.63) is 75.5 Å². The molecule has 0 spiro atoms. The standard InChI is InChI=1S/C21H13BrClF3N6O2/c22-16-3-1-11(30-20(34)31-12-2-4-17(23)15(7-12)21(24,25)26)6-14(16)19(33)29-13-5-10-8-28-32-18(10)27-9-13/h1-9H,(H,29,33)(H,27,28,32)(H2,30,31,34). The number of halogens is 5. The van der Waals surface area contributed by atoms with Crippen LogP contribution in [-0.4, -0.2) is 27.1 Å². The third-order valence-corrected chi connectivity index (χ3v) is 5.57. The number of hydrogen-bond donors (Lipinski definition) is 4. The molecule has 8 nitrogen and oxygen atoms in total. The lowest BCUT2D eigenvalue weighted by Gasteiger charge is -2.13. The number of pyridine rings is 1. The lowest BCUT2D eigenvalue weighted by molar-refractivity contribution is -0.137. The number of nitrogens with one attached hydrogen (secondary N) is 4. The summed E-state index contributed by atoms with van der Waals surface area (Å²) in [5, 5.41) is 14.3. The van der Waals surface area contributed by atoms with Gasteiger partial charge in [-0.15, -0.1) is 0 Å². The Hall–Kier alpha value is -3.64. The van der Waals surface area contributed by atoms with Crippen LogP contribution in [0, 0.1) is 0 Å². The summed E-state index contributed by atoms with van der Waals surface area (Å²) >= 11 is 8.88. The Kier molecular flexibility index (Phi) is 6.44. The molecule has 0 radical (unpaired) electrons. The molecule has 0 fully saturated rings. The number of aromatic amines is 1. The molecule has 4 rings (SSSR count). The first-order valence-corrected chi connectivity index (χ1v) is 10.6. The molecule has 3 amide bonds. The average molecular weight is 554 g/mol. The number of anilines is 3. The number of hydrogen-bond acceptors (Lipinski definition) is 4. The minimum atomic E-state index is -4.67. The van der Waals surface area contributed by atoms with Gasteiger partial charge in [0.25, 0.3) is 5.91 Å². The largest absolute Gasteiger partial charge is 0.417 e. The van der Waals surface area contributed by atoms with Gasteiger partial charge >= 0.3 is 12.2 Å². The van der Waals surface area contributed by atoms with Crippen LogP contribution in [0.5, 0.6) is 0 Å². The van der Waals surface area contributed by atoms with Gasteiger partial charge in [-0.05, 0) is 58.4 Å². The summed E-state index contributed by atoms with van der Waals surface area (Å²) in [7, 11) is 0. The zero-order valence-corrected chi connectivity index (χ0v) is 19.1. The number of benzene rings is 2. The van der Waals surface area contributed by atoms with Crippen molar-refractivity contribution < 1.29 is 22.8 Å². The fraction of sp³-hybridized carbons (Fsp3) is 0.0476. The first-order valence-electron chi connectivity index (χ1n) is 9.45. The second kappa shape index (κ2) is 9.31. The van der Waals surface area contributed by atoms with Crippen molar-refractivity contribution in [1.29, 1.82) is 0 Å². The van der Waals surface area contributed by atoms with Crippen LogP contribution in [0.4, 0.5) is 35.0 Å². The lowest BCUT2D eigenvalue weighted by atomic mass is 10.1. The summed E-state index contributed by atoms with van der Waals surface area (Å²) in [5.74, 6) is -0.479. The Labute approximate surface area is 203 Å². The number of carbonyl (C=O) groups excluding carboxylic acids is 2. The normalized spacial score (nSPS) is 11.3. The molecular formula is C21H13BrClF3N6O2. The third-order valence-electron chi connectivity index (χ3n) is 4.55. The minimum Gasteiger partial charge on any atom is -0.321 e. The molecule has 2 aromatic carbocycles.